The van der Waals surface area contributed by atoms with Crippen molar-refractivity contribution in [3.63, 3.8) is 0 Å². The average Bonchev–Trinajstić information content (AvgIpc) is 2.61. The molecule has 0 heterocycles. The molecule has 1 N–H and O–H groups in total. The zero-order valence-electron chi connectivity index (χ0n) is 16.9. The van der Waals surface area contributed by atoms with E-state index in [0.29, 0.717) is 50.2 Å². The van der Waals surface area contributed by atoms with Crippen LogP contribution in [0.25, 0.3) is 0 Å². The number of hydrogen-bond donors (Lipinski definition) is 1. The van der Waals surface area contributed by atoms with Crippen LogP contribution in [0.5, 0.6) is 11.5 Å². The highest BCUT2D eigenvalue weighted by Crippen LogP contribution is 2.39. The van der Waals surface area contributed by atoms with Gasteiger partial charge in [0.25, 0.3) is 0 Å². The molecular formula is C21H30O6. The van der Waals surface area contributed by atoms with Crippen molar-refractivity contribution < 1.29 is 29.0 Å². The molecule has 0 aliphatic heterocycles. The third-order valence-electron chi connectivity index (χ3n) is 4.64. The number of carboxylic acids is 1. The third-order valence-corrected chi connectivity index (χ3v) is 4.64. The highest BCUT2D eigenvalue weighted by molar-refractivity contribution is 5.78. The maximum atomic E-state index is 11.8. The van der Waals surface area contributed by atoms with E-state index < -0.39 is 11.9 Å². The highest BCUT2D eigenvalue weighted by atomic mass is 16.5. The Kier molecular flexibility index (Phi) is 8.98. The van der Waals surface area contributed by atoms with Gasteiger partial charge in [-0.1, -0.05) is 6.92 Å². The van der Waals surface area contributed by atoms with Crippen molar-refractivity contribution in [2.75, 3.05) is 6.61 Å². The van der Waals surface area contributed by atoms with Gasteiger partial charge in [-0.05, 0) is 56.7 Å². The van der Waals surface area contributed by atoms with Crippen molar-refractivity contribution in [1.29, 1.82) is 0 Å². The molecule has 0 saturated heterocycles. The molecule has 0 fully saturated rings. The minimum Gasteiger partial charge on any atom is -0.493 e. The lowest BCUT2D eigenvalue weighted by molar-refractivity contribution is -0.137. The molecule has 0 atom stereocenters. The average molecular weight is 378 g/mol. The van der Waals surface area contributed by atoms with Gasteiger partial charge in [0.1, 0.15) is 17.3 Å². The van der Waals surface area contributed by atoms with Crippen LogP contribution >= 0.6 is 0 Å². The van der Waals surface area contributed by atoms with Crippen LogP contribution < -0.4 is 9.47 Å². The maximum absolute atomic E-state index is 11.8. The van der Waals surface area contributed by atoms with E-state index in [-0.39, 0.29) is 12.2 Å². The predicted octanol–water partition coefficient (Wildman–Crippen LogP) is 4.08. The minimum absolute atomic E-state index is 0.115. The molecule has 0 unspecified atom stereocenters. The van der Waals surface area contributed by atoms with Crippen LogP contribution in [-0.4, -0.2) is 29.4 Å². The van der Waals surface area contributed by atoms with Gasteiger partial charge in [-0.2, -0.15) is 0 Å². The van der Waals surface area contributed by atoms with Crippen LogP contribution in [0, 0.1) is 20.8 Å². The monoisotopic (exact) mass is 378 g/mol. The van der Waals surface area contributed by atoms with Crippen molar-refractivity contribution in [1.82, 2.24) is 0 Å². The first-order chi connectivity index (χ1) is 12.7. The van der Waals surface area contributed by atoms with Gasteiger partial charge in [-0.25, -0.2) is 0 Å². The highest BCUT2D eigenvalue weighted by Gasteiger charge is 2.21. The number of carboxylic acid groups (broad SMARTS) is 1. The smallest absolute Gasteiger partial charge is 0.308 e. The Morgan fingerprint density at radius 3 is 2.11 bits per heavy atom. The first-order valence-corrected chi connectivity index (χ1v) is 9.36. The Hall–Kier alpha value is -2.37. The van der Waals surface area contributed by atoms with E-state index in [1.54, 1.807) is 0 Å². The minimum atomic E-state index is -0.817. The number of rotatable bonds is 11. The fourth-order valence-electron chi connectivity index (χ4n) is 2.94. The molecule has 0 radical (unpaired) electrons. The molecule has 0 aliphatic carbocycles. The molecule has 27 heavy (non-hydrogen) atoms. The lowest BCUT2D eigenvalue weighted by Crippen LogP contribution is -2.11. The largest absolute Gasteiger partial charge is 0.493 e. The molecule has 0 aromatic heterocycles. The van der Waals surface area contributed by atoms with Gasteiger partial charge in [0.15, 0.2) is 0 Å². The Balaban J connectivity index is 3.14. The van der Waals surface area contributed by atoms with Gasteiger partial charge >= 0.3 is 11.9 Å². The second-order valence-corrected chi connectivity index (χ2v) is 6.70. The number of carbonyl (C=O) groups is 3. The molecule has 1 aromatic carbocycles. The number of carbonyl (C=O) groups excluding carboxylic acids is 2. The van der Waals surface area contributed by atoms with Crippen molar-refractivity contribution in [2.24, 2.45) is 0 Å². The van der Waals surface area contributed by atoms with E-state index in [1.807, 2.05) is 27.7 Å². The quantitative estimate of drug-likeness (QED) is 0.354. The van der Waals surface area contributed by atoms with Crippen LogP contribution in [0.15, 0.2) is 0 Å². The van der Waals surface area contributed by atoms with Gasteiger partial charge in [-0.3, -0.25) is 14.4 Å². The zero-order chi connectivity index (χ0) is 20.6. The molecule has 1 rings (SSSR count). The molecule has 0 amide bonds. The summed E-state index contributed by atoms with van der Waals surface area (Å²) in [6.45, 7) is 9.24. The van der Waals surface area contributed by atoms with Crippen LogP contribution in [0.4, 0.5) is 0 Å². The van der Waals surface area contributed by atoms with E-state index in [1.165, 1.54) is 6.92 Å². The number of ether oxygens (including phenoxy) is 2. The summed E-state index contributed by atoms with van der Waals surface area (Å²) in [5, 5.41) is 8.72. The van der Waals surface area contributed by atoms with Crippen molar-refractivity contribution in [3.05, 3.63) is 22.3 Å². The molecule has 150 valence electrons. The predicted molar refractivity (Wildman–Crippen MR) is 103 cm³/mol. The Morgan fingerprint density at radius 2 is 1.56 bits per heavy atom. The second kappa shape index (κ2) is 10.7. The SMILES string of the molecule is CCC(=O)CCc1c(C)c(OC(C)=O)c(C)c(C)c1OCCCCC(=O)O. The Morgan fingerprint density at radius 1 is 0.926 bits per heavy atom. The molecule has 6 heteroatoms. The molecule has 1 aromatic rings. The van der Waals surface area contributed by atoms with Gasteiger partial charge in [0, 0.05) is 31.7 Å². The Bertz CT molecular complexity index is 705. The van der Waals surface area contributed by atoms with Crippen molar-refractivity contribution >= 4 is 17.7 Å². The molecule has 6 nitrogen and oxygen atoms in total. The van der Waals surface area contributed by atoms with Gasteiger partial charge in [-0.15, -0.1) is 0 Å². The normalized spacial score (nSPS) is 10.6. The number of unbranched alkanes of at least 4 members (excludes halogenated alkanes) is 1. The van der Waals surface area contributed by atoms with E-state index in [4.69, 9.17) is 14.6 Å². The van der Waals surface area contributed by atoms with E-state index in [0.717, 1.165) is 22.3 Å². The van der Waals surface area contributed by atoms with E-state index in [9.17, 15) is 14.4 Å². The molecular weight excluding hydrogens is 348 g/mol. The van der Waals surface area contributed by atoms with E-state index in [2.05, 4.69) is 0 Å². The molecule has 0 spiro atoms. The molecule has 0 aliphatic rings. The van der Waals surface area contributed by atoms with Crippen LogP contribution in [0.3, 0.4) is 0 Å². The Labute approximate surface area is 160 Å². The summed E-state index contributed by atoms with van der Waals surface area (Å²) in [5.41, 5.74) is 3.37. The number of ketones is 1. The van der Waals surface area contributed by atoms with Crippen molar-refractivity contribution in [3.8, 4) is 11.5 Å². The summed E-state index contributed by atoms with van der Waals surface area (Å²) < 4.78 is 11.4. The zero-order valence-corrected chi connectivity index (χ0v) is 16.9. The number of Topliss-reactive ketones (excluding diaryl/α,β-unsaturated/α-hetero) is 1. The lowest BCUT2D eigenvalue weighted by Gasteiger charge is -2.22. The van der Waals surface area contributed by atoms with Crippen molar-refractivity contribution in [2.45, 2.75) is 73.1 Å². The maximum Gasteiger partial charge on any atom is 0.308 e. The first kappa shape index (κ1) is 22.7. The van der Waals surface area contributed by atoms with Crippen LogP contribution in [-0.2, 0) is 20.8 Å². The fraction of sp³-hybridized carbons (Fsp3) is 0.571. The van der Waals surface area contributed by atoms with Crippen LogP contribution in [0.2, 0.25) is 0 Å². The van der Waals surface area contributed by atoms with Crippen LogP contribution in [0.1, 0.15) is 68.2 Å². The molecule has 0 bridgehead atoms. The van der Waals surface area contributed by atoms with Gasteiger partial charge in [0.2, 0.25) is 0 Å². The first-order valence-electron chi connectivity index (χ1n) is 9.36. The fourth-order valence-corrected chi connectivity index (χ4v) is 2.94. The summed E-state index contributed by atoms with van der Waals surface area (Å²) in [4.78, 5) is 33.9. The third kappa shape index (κ3) is 6.70. The summed E-state index contributed by atoms with van der Waals surface area (Å²) in [5.74, 6) is 0.187. The summed E-state index contributed by atoms with van der Waals surface area (Å²) in [6, 6.07) is 0. The summed E-state index contributed by atoms with van der Waals surface area (Å²) in [7, 11) is 0. The van der Waals surface area contributed by atoms with E-state index >= 15 is 0 Å². The van der Waals surface area contributed by atoms with Gasteiger partial charge in [0.05, 0.1) is 6.61 Å². The topological polar surface area (TPSA) is 89.9 Å². The number of benzene rings is 1. The number of hydrogen-bond acceptors (Lipinski definition) is 5. The number of esters is 1. The summed E-state index contributed by atoms with van der Waals surface area (Å²) >= 11 is 0. The summed E-state index contributed by atoms with van der Waals surface area (Å²) in [6.07, 6.45) is 2.67. The number of aliphatic carboxylic acids is 1. The second-order valence-electron chi connectivity index (χ2n) is 6.70. The lowest BCUT2D eigenvalue weighted by atomic mass is 9.93. The molecule has 0 saturated carbocycles. The van der Waals surface area contributed by atoms with Gasteiger partial charge < -0.3 is 14.6 Å². The standard InChI is InChI=1S/C21H30O6/c1-6-17(23)10-11-18-15(4)20(27-16(5)22)13(2)14(3)21(18)26-12-8-7-9-19(24)25/h6-12H2,1-5H3,(H,24,25).